The number of aliphatic carboxylic acids is 1. The highest BCUT2D eigenvalue weighted by Crippen LogP contribution is 2.23. The molecule has 0 aliphatic carbocycles. The Morgan fingerprint density at radius 2 is 2.14 bits per heavy atom. The first-order chi connectivity index (χ1) is 9.85. The minimum atomic E-state index is -1.08. The lowest BCUT2D eigenvalue weighted by Crippen LogP contribution is -2.35. The monoisotopic (exact) mass is 333 g/mol. The number of hydrogen-bond acceptors (Lipinski definition) is 3. The average Bonchev–Trinajstić information content (AvgIpc) is 2.40. The fourth-order valence-electron chi connectivity index (χ4n) is 1.80. The van der Waals surface area contributed by atoms with E-state index < -0.39 is 17.8 Å². The van der Waals surface area contributed by atoms with E-state index in [4.69, 9.17) is 16.7 Å². The van der Waals surface area contributed by atoms with Crippen molar-refractivity contribution < 1.29 is 19.1 Å². The van der Waals surface area contributed by atoms with Crippen LogP contribution in [0.25, 0.3) is 0 Å². The van der Waals surface area contributed by atoms with Crippen molar-refractivity contribution >= 4 is 35.2 Å². The van der Waals surface area contributed by atoms with E-state index in [1.54, 1.807) is 6.92 Å². The number of halogens is 2. The lowest BCUT2D eigenvalue weighted by molar-refractivity contribution is -0.137. The van der Waals surface area contributed by atoms with Crippen LogP contribution < -0.4 is 5.32 Å². The van der Waals surface area contributed by atoms with Gasteiger partial charge in [-0.05, 0) is 24.0 Å². The Kier molecular flexibility index (Phi) is 6.98. The SMILES string of the molecule is CSCC(C)C(=O)NC(CC(=O)O)c1ccc(Cl)c(F)c1. The van der Waals surface area contributed by atoms with E-state index in [2.05, 4.69) is 5.32 Å². The predicted octanol–water partition coefficient (Wildman–Crippen LogP) is 3.11. The van der Waals surface area contributed by atoms with Crippen molar-refractivity contribution in [2.45, 2.75) is 19.4 Å². The molecule has 0 saturated heterocycles. The molecule has 1 rings (SSSR count). The largest absolute Gasteiger partial charge is 0.481 e. The topological polar surface area (TPSA) is 66.4 Å². The fourth-order valence-corrected chi connectivity index (χ4v) is 2.56. The van der Waals surface area contributed by atoms with Gasteiger partial charge in [-0.1, -0.05) is 24.6 Å². The number of carboxylic acid groups (broad SMARTS) is 1. The number of amides is 1. The minimum Gasteiger partial charge on any atom is -0.481 e. The summed E-state index contributed by atoms with van der Waals surface area (Å²) >= 11 is 7.13. The van der Waals surface area contributed by atoms with Gasteiger partial charge in [0, 0.05) is 11.7 Å². The van der Waals surface area contributed by atoms with Crippen LogP contribution in [0, 0.1) is 11.7 Å². The molecule has 1 aromatic carbocycles. The molecular formula is C14H17ClFNO3S. The zero-order valence-electron chi connectivity index (χ0n) is 11.7. The number of nitrogens with one attached hydrogen (secondary N) is 1. The van der Waals surface area contributed by atoms with Crippen LogP contribution in [0.5, 0.6) is 0 Å². The number of carbonyl (C=O) groups is 2. The maximum atomic E-state index is 13.5. The molecule has 0 bridgehead atoms. The quantitative estimate of drug-likeness (QED) is 0.804. The van der Waals surface area contributed by atoms with Crippen LogP contribution in [0.4, 0.5) is 4.39 Å². The Balaban J connectivity index is 2.92. The van der Waals surface area contributed by atoms with Crippen LogP contribution in [0.3, 0.4) is 0 Å². The summed E-state index contributed by atoms with van der Waals surface area (Å²) in [5.41, 5.74) is 0.379. The van der Waals surface area contributed by atoms with E-state index >= 15 is 0 Å². The number of carbonyl (C=O) groups excluding carboxylic acids is 1. The first-order valence-electron chi connectivity index (χ1n) is 6.31. The van der Waals surface area contributed by atoms with Crippen LogP contribution in [0.15, 0.2) is 18.2 Å². The van der Waals surface area contributed by atoms with Crippen molar-refractivity contribution in [3.63, 3.8) is 0 Å². The molecule has 0 aliphatic heterocycles. The molecule has 7 heteroatoms. The van der Waals surface area contributed by atoms with Gasteiger partial charge in [-0.15, -0.1) is 0 Å². The van der Waals surface area contributed by atoms with Gasteiger partial charge in [0.05, 0.1) is 17.5 Å². The summed E-state index contributed by atoms with van der Waals surface area (Å²) in [5.74, 6) is -1.61. The van der Waals surface area contributed by atoms with Gasteiger partial charge in [-0.25, -0.2) is 4.39 Å². The van der Waals surface area contributed by atoms with E-state index in [1.807, 2.05) is 6.26 Å². The third-order valence-corrected chi connectivity index (χ3v) is 4.05. The minimum absolute atomic E-state index is 0.0464. The van der Waals surface area contributed by atoms with Crippen LogP contribution in [0.1, 0.15) is 24.9 Å². The smallest absolute Gasteiger partial charge is 0.305 e. The van der Waals surface area contributed by atoms with Crippen LogP contribution >= 0.6 is 23.4 Å². The van der Waals surface area contributed by atoms with E-state index in [0.717, 1.165) is 6.07 Å². The maximum absolute atomic E-state index is 13.5. The summed E-state index contributed by atoms with van der Waals surface area (Å²) in [4.78, 5) is 22.9. The Labute approximate surface area is 132 Å². The Morgan fingerprint density at radius 3 is 2.67 bits per heavy atom. The highest BCUT2D eigenvalue weighted by atomic mass is 35.5. The Bertz CT molecular complexity index is 527. The molecule has 0 saturated carbocycles. The summed E-state index contributed by atoms with van der Waals surface area (Å²) in [5, 5.41) is 11.6. The van der Waals surface area contributed by atoms with Gasteiger partial charge in [0.1, 0.15) is 5.82 Å². The van der Waals surface area contributed by atoms with Crippen molar-refractivity contribution in [2.24, 2.45) is 5.92 Å². The summed E-state index contributed by atoms with van der Waals surface area (Å²) in [6.07, 6.45) is 1.56. The van der Waals surface area contributed by atoms with Crippen molar-refractivity contribution in [3.05, 3.63) is 34.6 Å². The number of rotatable bonds is 7. The molecule has 0 aliphatic rings. The Morgan fingerprint density at radius 1 is 1.48 bits per heavy atom. The zero-order valence-corrected chi connectivity index (χ0v) is 13.3. The third kappa shape index (κ3) is 5.55. The lowest BCUT2D eigenvalue weighted by atomic mass is 10.0. The summed E-state index contributed by atoms with van der Waals surface area (Å²) in [6.45, 7) is 1.76. The van der Waals surface area contributed by atoms with Crippen molar-refractivity contribution in [3.8, 4) is 0 Å². The van der Waals surface area contributed by atoms with Gasteiger partial charge < -0.3 is 10.4 Å². The highest BCUT2D eigenvalue weighted by molar-refractivity contribution is 7.98. The molecule has 2 unspecified atom stereocenters. The normalized spacial score (nSPS) is 13.5. The second-order valence-electron chi connectivity index (χ2n) is 4.69. The molecule has 4 nitrogen and oxygen atoms in total. The van der Waals surface area contributed by atoms with Crippen LogP contribution in [0.2, 0.25) is 5.02 Å². The molecule has 0 spiro atoms. The summed E-state index contributed by atoms with van der Waals surface area (Å²) < 4.78 is 13.5. The number of thioether (sulfide) groups is 1. The number of carboxylic acids is 1. The van der Waals surface area contributed by atoms with Gasteiger partial charge in [0.2, 0.25) is 5.91 Å². The molecule has 1 aromatic rings. The van der Waals surface area contributed by atoms with E-state index in [1.165, 1.54) is 23.9 Å². The van der Waals surface area contributed by atoms with E-state index in [0.29, 0.717) is 11.3 Å². The average molecular weight is 334 g/mol. The zero-order chi connectivity index (χ0) is 16.0. The Hall–Kier alpha value is -1.27. The first-order valence-corrected chi connectivity index (χ1v) is 8.08. The molecular weight excluding hydrogens is 317 g/mol. The van der Waals surface area contributed by atoms with Crippen molar-refractivity contribution in [1.82, 2.24) is 5.32 Å². The highest BCUT2D eigenvalue weighted by Gasteiger charge is 2.22. The van der Waals surface area contributed by atoms with Gasteiger partial charge >= 0.3 is 5.97 Å². The molecule has 1 amide bonds. The first kappa shape index (κ1) is 17.8. The molecule has 116 valence electrons. The molecule has 0 heterocycles. The van der Waals surface area contributed by atoms with Gasteiger partial charge in [-0.3, -0.25) is 9.59 Å². The van der Waals surface area contributed by atoms with Gasteiger partial charge in [0.25, 0.3) is 0 Å². The van der Waals surface area contributed by atoms with Gasteiger partial charge in [0.15, 0.2) is 0 Å². The molecule has 0 aromatic heterocycles. The van der Waals surface area contributed by atoms with Crippen molar-refractivity contribution in [1.29, 1.82) is 0 Å². The van der Waals surface area contributed by atoms with Gasteiger partial charge in [-0.2, -0.15) is 11.8 Å². The molecule has 2 atom stereocenters. The molecule has 0 fully saturated rings. The van der Waals surface area contributed by atoms with Crippen molar-refractivity contribution in [2.75, 3.05) is 12.0 Å². The summed E-state index contributed by atoms with van der Waals surface area (Å²) in [6, 6.07) is 3.22. The second kappa shape index (κ2) is 8.24. The molecule has 21 heavy (non-hydrogen) atoms. The third-order valence-electron chi connectivity index (χ3n) is 2.91. The van der Waals surface area contributed by atoms with Crippen LogP contribution in [-0.4, -0.2) is 29.0 Å². The van der Waals surface area contributed by atoms with E-state index in [9.17, 15) is 14.0 Å². The number of benzene rings is 1. The van der Waals surface area contributed by atoms with E-state index in [-0.39, 0.29) is 23.3 Å². The standard InChI is InChI=1S/C14H17ClFNO3S/c1-8(7-21-2)14(20)17-12(6-13(18)19)9-3-4-10(15)11(16)5-9/h3-5,8,12H,6-7H2,1-2H3,(H,17,20)(H,18,19). The number of hydrogen-bond donors (Lipinski definition) is 2. The summed E-state index contributed by atoms with van der Waals surface area (Å²) in [7, 11) is 0. The molecule has 0 radical (unpaired) electrons. The maximum Gasteiger partial charge on any atom is 0.305 e. The molecule has 2 N–H and O–H groups in total. The predicted molar refractivity (Wildman–Crippen MR) is 82.1 cm³/mol. The fraction of sp³-hybridized carbons (Fsp3) is 0.429. The second-order valence-corrected chi connectivity index (χ2v) is 6.01. The lowest BCUT2D eigenvalue weighted by Gasteiger charge is -2.20. The van der Waals surface area contributed by atoms with Crippen LogP contribution in [-0.2, 0) is 9.59 Å².